The van der Waals surface area contributed by atoms with Crippen LogP contribution in [-0.2, 0) is 17.1 Å². The summed E-state index contributed by atoms with van der Waals surface area (Å²) in [6, 6.07) is 12.5. The average molecular weight is 408 g/mol. The van der Waals surface area contributed by atoms with Crippen LogP contribution in [-0.4, -0.2) is 29.3 Å². The molecule has 0 saturated heterocycles. The van der Waals surface area contributed by atoms with E-state index in [4.69, 9.17) is 21.4 Å². The zero-order valence-corrected chi connectivity index (χ0v) is 15.5. The summed E-state index contributed by atoms with van der Waals surface area (Å²) in [5, 5.41) is 13.2. The minimum atomic E-state index is -4.00. The first-order chi connectivity index (χ1) is 12.8. The Balaban J connectivity index is 1.82. The number of nitrogens with one attached hydrogen (secondary N) is 1. The van der Waals surface area contributed by atoms with Gasteiger partial charge < -0.3 is 9.84 Å². The number of aryl methyl sites for hydroxylation is 1. The maximum Gasteiger partial charge on any atom is 0.358 e. The third-order valence-electron chi connectivity index (χ3n) is 3.47. The van der Waals surface area contributed by atoms with E-state index in [1.807, 2.05) is 0 Å². The topological polar surface area (TPSA) is 111 Å². The summed E-state index contributed by atoms with van der Waals surface area (Å²) >= 11 is 6.02. The van der Waals surface area contributed by atoms with Gasteiger partial charge in [0.15, 0.2) is 5.69 Å². The standard InChI is InChI=1S/C17H14ClN3O5S/c1-21-10-14(16(19-21)17(22)23)20-27(24,25)12-8-6-11(7-9-12)26-15-5-3-2-4-13(15)18/h2-10,20H,1H3,(H,22,23). The van der Waals surface area contributed by atoms with E-state index in [0.717, 1.165) is 0 Å². The first-order valence-corrected chi connectivity index (χ1v) is 9.44. The Labute approximate surface area is 160 Å². The molecule has 0 saturated carbocycles. The number of ether oxygens (including phenoxy) is 1. The van der Waals surface area contributed by atoms with Crippen LogP contribution in [0.1, 0.15) is 10.5 Å². The van der Waals surface area contributed by atoms with E-state index in [9.17, 15) is 13.2 Å². The summed E-state index contributed by atoms with van der Waals surface area (Å²) in [6.45, 7) is 0. The molecule has 0 aliphatic rings. The molecule has 0 aliphatic carbocycles. The fourth-order valence-corrected chi connectivity index (χ4v) is 3.49. The maximum absolute atomic E-state index is 12.5. The van der Waals surface area contributed by atoms with Crippen LogP contribution in [0.3, 0.4) is 0 Å². The van der Waals surface area contributed by atoms with Crippen LogP contribution >= 0.6 is 11.6 Å². The van der Waals surface area contributed by atoms with Gasteiger partial charge in [0.05, 0.1) is 9.92 Å². The smallest absolute Gasteiger partial charge is 0.358 e. The lowest BCUT2D eigenvalue weighted by atomic mass is 10.3. The molecule has 0 radical (unpaired) electrons. The van der Waals surface area contributed by atoms with Gasteiger partial charge in [-0.3, -0.25) is 9.40 Å². The number of aromatic nitrogens is 2. The number of hydrogen-bond acceptors (Lipinski definition) is 5. The number of nitrogens with zero attached hydrogens (tertiary/aromatic N) is 2. The van der Waals surface area contributed by atoms with Crippen molar-refractivity contribution in [2.24, 2.45) is 7.05 Å². The van der Waals surface area contributed by atoms with Crippen molar-refractivity contribution in [2.75, 3.05) is 4.72 Å². The van der Waals surface area contributed by atoms with Gasteiger partial charge in [-0.05, 0) is 36.4 Å². The largest absolute Gasteiger partial charge is 0.476 e. The molecule has 1 heterocycles. The molecule has 2 aromatic carbocycles. The summed E-state index contributed by atoms with van der Waals surface area (Å²) in [5.74, 6) is -0.499. The summed E-state index contributed by atoms with van der Waals surface area (Å²) in [4.78, 5) is 11.1. The van der Waals surface area contributed by atoms with Crippen LogP contribution in [0.25, 0.3) is 0 Å². The van der Waals surface area contributed by atoms with Crippen LogP contribution in [0, 0.1) is 0 Å². The van der Waals surface area contributed by atoms with Crippen molar-refractivity contribution >= 4 is 33.3 Å². The highest BCUT2D eigenvalue weighted by Gasteiger charge is 2.21. The van der Waals surface area contributed by atoms with Crippen LogP contribution in [0.4, 0.5) is 5.69 Å². The van der Waals surface area contributed by atoms with Gasteiger partial charge in [0.1, 0.15) is 17.2 Å². The molecule has 27 heavy (non-hydrogen) atoms. The fourth-order valence-electron chi connectivity index (χ4n) is 2.27. The third-order valence-corrected chi connectivity index (χ3v) is 5.17. The predicted molar refractivity (Wildman–Crippen MR) is 98.9 cm³/mol. The average Bonchev–Trinajstić information content (AvgIpc) is 2.97. The van der Waals surface area contributed by atoms with Crippen molar-refractivity contribution in [2.45, 2.75) is 4.90 Å². The van der Waals surface area contributed by atoms with Gasteiger partial charge >= 0.3 is 5.97 Å². The van der Waals surface area contributed by atoms with Gasteiger partial charge in [-0.25, -0.2) is 13.2 Å². The van der Waals surface area contributed by atoms with Crippen molar-refractivity contribution in [1.82, 2.24) is 9.78 Å². The molecular weight excluding hydrogens is 394 g/mol. The normalized spacial score (nSPS) is 11.2. The van der Waals surface area contributed by atoms with Gasteiger partial charge in [0, 0.05) is 13.2 Å². The van der Waals surface area contributed by atoms with Crippen molar-refractivity contribution in [3.63, 3.8) is 0 Å². The second-order valence-electron chi connectivity index (χ2n) is 5.48. The third kappa shape index (κ3) is 4.21. The van der Waals surface area contributed by atoms with Crippen molar-refractivity contribution in [3.05, 3.63) is 65.4 Å². The molecule has 0 fully saturated rings. The summed E-state index contributed by atoms with van der Waals surface area (Å²) < 4.78 is 34.1. The van der Waals surface area contributed by atoms with Crippen molar-refractivity contribution in [3.8, 4) is 11.5 Å². The van der Waals surface area contributed by atoms with Gasteiger partial charge in [-0.2, -0.15) is 5.10 Å². The number of halogens is 1. The van der Waals surface area contributed by atoms with E-state index >= 15 is 0 Å². The molecule has 10 heteroatoms. The minimum absolute atomic E-state index is 0.0609. The highest BCUT2D eigenvalue weighted by atomic mass is 35.5. The van der Waals surface area contributed by atoms with Crippen molar-refractivity contribution < 1.29 is 23.1 Å². The maximum atomic E-state index is 12.5. The Kier molecular flexibility index (Phi) is 5.06. The summed E-state index contributed by atoms with van der Waals surface area (Å²) in [6.07, 6.45) is 1.27. The lowest BCUT2D eigenvalue weighted by molar-refractivity contribution is 0.0690. The van der Waals surface area contributed by atoms with Crippen molar-refractivity contribution in [1.29, 1.82) is 0 Å². The van der Waals surface area contributed by atoms with E-state index in [1.165, 1.54) is 42.2 Å². The lowest BCUT2D eigenvalue weighted by Gasteiger charge is -2.09. The number of carboxylic acid groups (broad SMARTS) is 1. The number of aromatic carboxylic acids is 1. The first-order valence-electron chi connectivity index (χ1n) is 7.58. The molecule has 0 aliphatic heterocycles. The van der Waals surface area contributed by atoms with E-state index in [2.05, 4.69) is 9.82 Å². The zero-order valence-electron chi connectivity index (χ0n) is 14.0. The van der Waals surface area contributed by atoms with Crippen LogP contribution in [0.2, 0.25) is 5.02 Å². The second kappa shape index (κ2) is 7.29. The highest BCUT2D eigenvalue weighted by molar-refractivity contribution is 7.92. The molecule has 8 nitrogen and oxygen atoms in total. The predicted octanol–water partition coefficient (Wildman–Crippen LogP) is 3.36. The quantitative estimate of drug-likeness (QED) is 0.648. The molecule has 3 rings (SSSR count). The monoisotopic (exact) mass is 407 g/mol. The number of carbonyl (C=O) groups is 1. The number of anilines is 1. The molecule has 0 atom stereocenters. The second-order valence-corrected chi connectivity index (χ2v) is 7.57. The number of rotatable bonds is 6. The molecule has 2 N–H and O–H groups in total. The van der Waals surface area contributed by atoms with Gasteiger partial charge in [0.25, 0.3) is 10.0 Å². The SMILES string of the molecule is Cn1cc(NS(=O)(=O)c2ccc(Oc3ccccc3Cl)cc2)c(C(=O)O)n1. The van der Waals surface area contributed by atoms with E-state index in [-0.39, 0.29) is 16.3 Å². The van der Waals surface area contributed by atoms with Gasteiger partial charge in [0.2, 0.25) is 0 Å². The number of hydrogen-bond donors (Lipinski definition) is 2. The summed E-state index contributed by atoms with van der Waals surface area (Å²) in [7, 11) is -2.51. The number of sulfonamides is 1. The Hall–Kier alpha value is -3.04. The van der Waals surface area contributed by atoms with E-state index in [1.54, 1.807) is 24.3 Å². The molecule has 0 amide bonds. The zero-order chi connectivity index (χ0) is 19.6. The number of benzene rings is 2. The van der Waals surface area contributed by atoms with Crippen LogP contribution in [0.15, 0.2) is 59.6 Å². The Morgan fingerprint density at radius 3 is 2.48 bits per heavy atom. The molecule has 140 valence electrons. The van der Waals surface area contributed by atoms with Gasteiger partial charge in [-0.15, -0.1) is 0 Å². The Morgan fingerprint density at radius 1 is 1.19 bits per heavy atom. The molecule has 0 spiro atoms. The molecular formula is C17H14ClN3O5S. The summed E-state index contributed by atoms with van der Waals surface area (Å²) in [5.41, 5.74) is -0.513. The minimum Gasteiger partial charge on any atom is -0.476 e. The molecule has 0 unspecified atom stereocenters. The van der Waals surface area contributed by atoms with E-state index in [0.29, 0.717) is 16.5 Å². The highest BCUT2D eigenvalue weighted by Crippen LogP contribution is 2.29. The van der Waals surface area contributed by atoms with E-state index < -0.39 is 16.0 Å². The molecule has 1 aromatic heterocycles. The number of carboxylic acids is 1. The Morgan fingerprint density at radius 2 is 1.85 bits per heavy atom. The molecule has 0 bridgehead atoms. The van der Waals surface area contributed by atoms with Crippen LogP contribution in [0.5, 0.6) is 11.5 Å². The fraction of sp³-hybridized carbons (Fsp3) is 0.0588. The Bertz CT molecular complexity index is 1090. The van der Waals surface area contributed by atoms with Gasteiger partial charge in [-0.1, -0.05) is 23.7 Å². The molecule has 3 aromatic rings. The first kappa shape index (κ1) is 18.7. The van der Waals surface area contributed by atoms with Crippen LogP contribution < -0.4 is 9.46 Å². The lowest BCUT2D eigenvalue weighted by Crippen LogP contribution is -2.14. The number of para-hydroxylation sites is 1.